The van der Waals surface area contributed by atoms with Gasteiger partial charge in [-0.05, 0) is 64.4 Å². The van der Waals surface area contributed by atoms with Crippen molar-refractivity contribution in [2.45, 2.75) is 87.9 Å². The van der Waals surface area contributed by atoms with Gasteiger partial charge in [-0.3, -0.25) is 4.79 Å². The summed E-state index contributed by atoms with van der Waals surface area (Å²) in [5.41, 5.74) is 1.40. The molecule has 1 aromatic rings. The Kier molecular flexibility index (Phi) is 5.24. The highest BCUT2D eigenvalue weighted by atomic mass is 32.2. The molecule has 1 aromatic carbocycles. The molecule has 3 nitrogen and oxygen atoms in total. The summed E-state index contributed by atoms with van der Waals surface area (Å²) < 4.78 is 12.3. The molecule has 0 saturated carbocycles. The molecular weight excluding hydrogens is 355 g/mol. The van der Waals surface area contributed by atoms with E-state index in [0.29, 0.717) is 22.7 Å². The number of Topliss-reactive ketones (excluding diaryl/α,β-unsaturated/α-hetero) is 1. The predicted molar refractivity (Wildman–Crippen MR) is 113 cm³/mol. The normalized spacial score (nSPS) is 31.7. The maximum absolute atomic E-state index is 13.0. The van der Waals surface area contributed by atoms with Gasteiger partial charge in [-0.2, -0.15) is 11.8 Å². The standard InChI is InChI=1S/C22H31BO3S/c1-21(2)22(3,4)26-23(25-21)17-8-5-7-15(11-17)12-20(24)16-13-18-9-6-10-19(14-16)27-18/h5,7-8,11,16,18-19H,6,9-10,12-14H2,1-4H3. The molecule has 3 aliphatic heterocycles. The van der Waals surface area contributed by atoms with Gasteiger partial charge >= 0.3 is 7.12 Å². The monoisotopic (exact) mass is 386 g/mol. The molecule has 2 atom stereocenters. The van der Waals surface area contributed by atoms with Crippen LogP contribution < -0.4 is 5.46 Å². The van der Waals surface area contributed by atoms with E-state index in [1.165, 1.54) is 19.3 Å². The van der Waals surface area contributed by atoms with Crippen LogP contribution in [0.4, 0.5) is 0 Å². The third-order valence-corrected chi connectivity index (χ3v) is 8.47. The van der Waals surface area contributed by atoms with E-state index in [-0.39, 0.29) is 24.2 Å². The molecule has 3 aliphatic rings. The minimum absolute atomic E-state index is 0.252. The number of ketones is 1. The maximum atomic E-state index is 13.0. The number of hydrogen-bond acceptors (Lipinski definition) is 4. The quantitative estimate of drug-likeness (QED) is 0.728. The van der Waals surface area contributed by atoms with Crippen LogP contribution in [0.25, 0.3) is 0 Å². The third-order valence-electron chi connectivity index (χ3n) is 6.84. The van der Waals surface area contributed by atoms with Crippen molar-refractivity contribution in [3.63, 3.8) is 0 Å². The molecule has 4 rings (SSSR count). The predicted octanol–water partition coefficient (Wildman–Crippen LogP) is 4.16. The molecule has 2 unspecified atom stereocenters. The van der Waals surface area contributed by atoms with E-state index >= 15 is 0 Å². The lowest BCUT2D eigenvalue weighted by atomic mass is 9.77. The summed E-state index contributed by atoms with van der Waals surface area (Å²) in [5.74, 6) is 0.667. The van der Waals surface area contributed by atoms with Gasteiger partial charge in [0.15, 0.2) is 0 Å². The van der Waals surface area contributed by atoms with Crippen molar-refractivity contribution >= 4 is 30.1 Å². The topological polar surface area (TPSA) is 35.5 Å². The number of carbonyl (C=O) groups is 1. The second kappa shape index (κ2) is 7.24. The van der Waals surface area contributed by atoms with Gasteiger partial charge in [0.1, 0.15) is 5.78 Å². The first kappa shape index (κ1) is 19.5. The average molecular weight is 386 g/mol. The minimum Gasteiger partial charge on any atom is -0.399 e. The van der Waals surface area contributed by atoms with Crippen molar-refractivity contribution in [3.05, 3.63) is 29.8 Å². The minimum atomic E-state index is -0.365. The van der Waals surface area contributed by atoms with Crippen LogP contribution in [0.15, 0.2) is 24.3 Å². The van der Waals surface area contributed by atoms with Gasteiger partial charge in [0.2, 0.25) is 0 Å². The van der Waals surface area contributed by atoms with Crippen molar-refractivity contribution in [3.8, 4) is 0 Å². The molecule has 2 bridgehead atoms. The molecule has 0 N–H and O–H groups in total. The number of thioether (sulfide) groups is 1. The van der Waals surface area contributed by atoms with E-state index in [1.54, 1.807) is 0 Å². The van der Waals surface area contributed by atoms with Crippen LogP contribution in [0.3, 0.4) is 0 Å². The van der Waals surface area contributed by atoms with Crippen molar-refractivity contribution in [2.75, 3.05) is 0 Å². The lowest BCUT2D eigenvalue weighted by Crippen LogP contribution is -2.41. The van der Waals surface area contributed by atoms with Gasteiger partial charge in [-0.25, -0.2) is 0 Å². The van der Waals surface area contributed by atoms with E-state index in [2.05, 4.69) is 51.6 Å². The van der Waals surface area contributed by atoms with Crippen molar-refractivity contribution in [1.29, 1.82) is 0 Å². The molecule has 27 heavy (non-hydrogen) atoms. The second-order valence-corrected chi connectivity index (χ2v) is 11.1. The summed E-state index contributed by atoms with van der Waals surface area (Å²) in [5, 5.41) is 1.42. The van der Waals surface area contributed by atoms with Crippen LogP contribution in [-0.4, -0.2) is 34.6 Å². The Bertz CT molecular complexity index is 689. The molecule has 5 heteroatoms. The number of rotatable bonds is 4. The number of benzene rings is 1. The lowest BCUT2D eigenvalue weighted by molar-refractivity contribution is -0.122. The maximum Gasteiger partial charge on any atom is 0.494 e. The summed E-state index contributed by atoms with van der Waals surface area (Å²) in [6.45, 7) is 8.27. The Morgan fingerprint density at radius 2 is 1.74 bits per heavy atom. The van der Waals surface area contributed by atoms with Gasteiger partial charge in [0.05, 0.1) is 11.2 Å². The largest absolute Gasteiger partial charge is 0.494 e. The highest BCUT2D eigenvalue weighted by Crippen LogP contribution is 2.44. The molecule has 0 aliphatic carbocycles. The van der Waals surface area contributed by atoms with Crippen molar-refractivity contribution in [2.24, 2.45) is 5.92 Å². The summed E-state index contributed by atoms with van der Waals surface area (Å²) in [6, 6.07) is 8.22. The zero-order valence-electron chi connectivity index (χ0n) is 17.0. The molecular formula is C22H31BO3S. The fourth-order valence-electron chi connectivity index (χ4n) is 4.50. The van der Waals surface area contributed by atoms with Crippen molar-refractivity contribution < 1.29 is 14.1 Å². The van der Waals surface area contributed by atoms with Crippen LogP contribution in [0.2, 0.25) is 0 Å². The fraction of sp³-hybridized carbons (Fsp3) is 0.682. The first-order valence-electron chi connectivity index (χ1n) is 10.4. The molecule has 3 fully saturated rings. The van der Waals surface area contributed by atoms with Gasteiger partial charge in [-0.15, -0.1) is 0 Å². The van der Waals surface area contributed by atoms with Crippen LogP contribution in [0.1, 0.15) is 65.4 Å². The Labute approximate surface area is 168 Å². The second-order valence-electron chi connectivity index (χ2n) is 9.46. The first-order chi connectivity index (χ1) is 12.7. The molecule has 0 aromatic heterocycles. The lowest BCUT2D eigenvalue weighted by Gasteiger charge is -2.38. The Morgan fingerprint density at radius 1 is 1.11 bits per heavy atom. The molecule has 3 saturated heterocycles. The molecule has 146 valence electrons. The van der Waals surface area contributed by atoms with E-state index < -0.39 is 0 Å². The first-order valence-corrected chi connectivity index (χ1v) is 11.3. The van der Waals surface area contributed by atoms with E-state index in [0.717, 1.165) is 23.9 Å². The average Bonchev–Trinajstić information content (AvgIpc) is 2.82. The Morgan fingerprint density at radius 3 is 2.37 bits per heavy atom. The zero-order valence-corrected chi connectivity index (χ0v) is 17.8. The zero-order chi connectivity index (χ0) is 19.2. The summed E-state index contributed by atoms with van der Waals surface area (Å²) >= 11 is 2.13. The van der Waals surface area contributed by atoms with Gasteiger partial charge < -0.3 is 9.31 Å². The summed E-state index contributed by atoms with van der Waals surface area (Å²) in [6.07, 6.45) is 6.63. The fourth-order valence-corrected chi connectivity index (χ4v) is 6.33. The van der Waals surface area contributed by atoms with Gasteiger partial charge in [0.25, 0.3) is 0 Å². The highest BCUT2D eigenvalue weighted by Gasteiger charge is 2.51. The van der Waals surface area contributed by atoms with Gasteiger partial charge in [-0.1, -0.05) is 30.7 Å². The molecule has 3 heterocycles. The highest BCUT2D eigenvalue weighted by molar-refractivity contribution is 8.00. The van der Waals surface area contributed by atoms with E-state index in [1.807, 2.05) is 12.1 Å². The number of carbonyl (C=O) groups excluding carboxylic acids is 1. The van der Waals surface area contributed by atoms with Crippen LogP contribution >= 0.6 is 11.8 Å². The van der Waals surface area contributed by atoms with Crippen LogP contribution in [0.5, 0.6) is 0 Å². The SMILES string of the molecule is CC1(C)OB(c2cccc(CC(=O)C3CC4CCCC(C3)S4)c2)OC1(C)C. The Hall–Kier alpha value is -0.775. The number of hydrogen-bond donors (Lipinski definition) is 0. The Balaban J connectivity index is 1.43. The smallest absolute Gasteiger partial charge is 0.399 e. The number of fused-ring (bicyclic) bond motifs is 2. The third kappa shape index (κ3) is 4.01. The molecule has 0 amide bonds. The summed E-state index contributed by atoms with van der Waals surface area (Å²) in [7, 11) is -0.365. The molecule has 0 radical (unpaired) electrons. The summed E-state index contributed by atoms with van der Waals surface area (Å²) in [4.78, 5) is 13.0. The van der Waals surface area contributed by atoms with Gasteiger partial charge in [0, 0.05) is 22.8 Å². The van der Waals surface area contributed by atoms with E-state index in [4.69, 9.17) is 9.31 Å². The van der Waals surface area contributed by atoms with Crippen molar-refractivity contribution in [1.82, 2.24) is 0 Å². The van der Waals surface area contributed by atoms with Crippen LogP contribution in [-0.2, 0) is 20.5 Å². The van der Waals surface area contributed by atoms with Crippen LogP contribution in [0, 0.1) is 5.92 Å². The van der Waals surface area contributed by atoms with E-state index in [9.17, 15) is 4.79 Å². The molecule has 0 spiro atoms.